The first-order valence-corrected chi connectivity index (χ1v) is 11.3. The summed E-state index contributed by atoms with van der Waals surface area (Å²) in [6.45, 7) is 4.43. The average Bonchev–Trinajstić information content (AvgIpc) is 3.43. The van der Waals surface area contributed by atoms with Gasteiger partial charge in [0.15, 0.2) is 0 Å². The van der Waals surface area contributed by atoms with E-state index in [1.807, 2.05) is 13.8 Å². The number of nitrogens with zero attached hydrogens (tertiary/aromatic N) is 2. The van der Waals surface area contributed by atoms with E-state index >= 15 is 0 Å². The summed E-state index contributed by atoms with van der Waals surface area (Å²) in [5.41, 5.74) is 11.0. The smallest absolute Gasteiger partial charge is 0.326 e. The molecule has 4 amide bonds. The van der Waals surface area contributed by atoms with Gasteiger partial charge in [0.25, 0.3) is 0 Å². The van der Waals surface area contributed by atoms with Crippen LogP contribution in [0, 0.1) is 5.92 Å². The first kappa shape index (κ1) is 25.6. The van der Waals surface area contributed by atoms with Gasteiger partial charge in [0.2, 0.25) is 23.6 Å². The van der Waals surface area contributed by atoms with Crippen LogP contribution in [0.3, 0.4) is 0 Å². The van der Waals surface area contributed by atoms with Crippen molar-refractivity contribution in [2.75, 3.05) is 13.1 Å². The molecule has 11 nitrogen and oxygen atoms in total. The van der Waals surface area contributed by atoms with E-state index in [1.54, 1.807) is 0 Å². The van der Waals surface area contributed by atoms with Gasteiger partial charge in [-0.3, -0.25) is 19.2 Å². The topological polar surface area (TPSA) is 176 Å². The van der Waals surface area contributed by atoms with Crippen LogP contribution in [0.1, 0.15) is 58.8 Å². The Balaban J connectivity index is 2.14. The highest BCUT2D eigenvalue weighted by molar-refractivity contribution is 5.95. The van der Waals surface area contributed by atoms with E-state index in [2.05, 4.69) is 5.32 Å². The highest BCUT2D eigenvalue weighted by Gasteiger charge is 2.44. The molecule has 11 heteroatoms. The molecule has 180 valence electrons. The number of carboxylic acid groups (broad SMARTS) is 1. The van der Waals surface area contributed by atoms with Crippen molar-refractivity contribution in [3.63, 3.8) is 0 Å². The average molecular weight is 454 g/mol. The van der Waals surface area contributed by atoms with Crippen LogP contribution in [0.15, 0.2) is 0 Å². The molecule has 32 heavy (non-hydrogen) atoms. The second-order valence-electron chi connectivity index (χ2n) is 8.70. The molecule has 0 aromatic rings. The molecule has 5 unspecified atom stereocenters. The SMILES string of the molecule is CCC(C)C(NC(=O)C(N)CCC(N)=O)C(=O)N1CCCC1C(=O)N1CCCC1C(=O)O. The predicted molar refractivity (Wildman–Crippen MR) is 115 cm³/mol. The summed E-state index contributed by atoms with van der Waals surface area (Å²) in [6.07, 6.45) is 2.71. The van der Waals surface area contributed by atoms with Gasteiger partial charge in [0.05, 0.1) is 6.04 Å². The number of carboxylic acids is 1. The van der Waals surface area contributed by atoms with Gasteiger partial charge in [0, 0.05) is 19.5 Å². The zero-order chi connectivity index (χ0) is 24.0. The van der Waals surface area contributed by atoms with Crippen molar-refractivity contribution in [3.05, 3.63) is 0 Å². The van der Waals surface area contributed by atoms with Crippen LogP contribution < -0.4 is 16.8 Å². The molecule has 6 N–H and O–H groups in total. The molecule has 0 aromatic carbocycles. The summed E-state index contributed by atoms with van der Waals surface area (Å²) in [6, 6.07) is -3.48. The van der Waals surface area contributed by atoms with Gasteiger partial charge in [-0.2, -0.15) is 0 Å². The Kier molecular flexibility index (Phi) is 8.99. The standard InChI is InChI=1S/C21H35N5O6/c1-3-12(2)17(24-18(28)13(22)8-9-16(23)27)20(30)25-10-4-6-14(25)19(29)26-11-5-7-15(26)21(31)32/h12-15,17H,3-11,22H2,1-2H3,(H2,23,27)(H,24,28)(H,31,32). The molecule has 0 spiro atoms. The molecular formula is C21H35N5O6. The summed E-state index contributed by atoms with van der Waals surface area (Å²) in [5.74, 6) is -3.11. The summed E-state index contributed by atoms with van der Waals surface area (Å²) < 4.78 is 0. The largest absolute Gasteiger partial charge is 0.480 e. The van der Waals surface area contributed by atoms with Gasteiger partial charge in [-0.1, -0.05) is 20.3 Å². The molecule has 0 saturated carbocycles. The number of hydrogen-bond donors (Lipinski definition) is 4. The quantitative estimate of drug-likeness (QED) is 0.334. The van der Waals surface area contributed by atoms with Crippen molar-refractivity contribution in [1.82, 2.24) is 15.1 Å². The van der Waals surface area contributed by atoms with Gasteiger partial charge >= 0.3 is 5.97 Å². The monoisotopic (exact) mass is 453 g/mol. The lowest BCUT2D eigenvalue weighted by Gasteiger charge is -2.34. The molecule has 2 saturated heterocycles. The van der Waals surface area contributed by atoms with E-state index in [-0.39, 0.29) is 30.6 Å². The van der Waals surface area contributed by atoms with E-state index in [0.29, 0.717) is 45.2 Å². The number of nitrogens with two attached hydrogens (primary N) is 2. The molecular weight excluding hydrogens is 418 g/mol. The maximum absolute atomic E-state index is 13.4. The normalized spacial score (nSPS) is 23.5. The van der Waals surface area contributed by atoms with Crippen molar-refractivity contribution in [3.8, 4) is 0 Å². The summed E-state index contributed by atoms with van der Waals surface area (Å²) in [5, 5.41) is 12.1. The van der Waals surface area contributed by atoms with Gasteiger partial charge in [-0.05, 0) is 38.0 Å². The second-order valence-corrected chi connectivity index (χ2v) is 8.70. The molecule has 5 atom stereocenters. The minimum Gasteiger partial charge on any atom is -0.480 e. The van der Waals surface area contributed by atoms with E-state index in [4.69, 9.17) is 11.5 Å². The van der Waals surface area contributed by atoms with Crippen molar-refractivity contribution < 1.29 is 29.1 Å². The Labute approximate surface area is 187 Å². The third kappa shape index (κ3) is 5.96. The van der Waals surface area contributed by atoms with Crippen molar-refractivity contribution in [2.24, 2.45) is 17.4 Å². The van der Waals surface area contributed by atoms with Crippen LogP contribution in [0.25, 0.3) is 0 Å². The Morgan fingerprint density at radius 1 is 1.06 bits per heavy atom. The molecule has 0 aromatic heterocycles. The number of hydrogen-bond acceptors (Lipinski definition) is 6. The Morgan fingerprint density at radius 3 is 2.22 bits per heavy atom. The van der Waals surface area contributed by atoms with Crippen LogP contribution in [0.4, 0.5) is 0 Å². The lowest BCUT2D eigenvalue weighted by Crippen LogP contribution is -2.58. The highest BCUT2D eigenvalue weighted by Crippen LogP contribution is 2.26. The summed E-state index contributed by atoms with van der Waals surface area (Å²) in [4.78, 5) is 64.4. The second kappa shape index (κ2) is 11.3. The Hall–Kier alpha value is -2.69. The first-order chi connectivity index (χ1) is 15.1. The van der Waals surface area contributed by atoms with Gasteiger partial charge < -0.3 is 31.7 Å². The van der Waals surface area contributed by atoms with E-state index in [0.717, 1.165) is 0 Å². The molecule has 2 heterocycles. The number of aliphatic carboxylic acids is 1. The molecule has 0 bridgehead atoms. The van der Waals surface area contributed by atoms with Gasteiger partial charge in [-0.15, -0.1) is 0 Å². The number of carbonyl (C=O) groups excluding carboxylic acids is 4. The number of amides is 4. The lowest BCUT2D eigenvalue weighted by molar-refractivity contribution is -0.152. The molecule has 0 aliphatic carbocycles. The highest BCUT2D eigenvalue weighted by atomic mass is 16.4. The van der Waals surface area contributed by atoms with Crippen LogP contribution in [-0.2, 0) is 24.0 Å². The number of carbonyl (C=O) groups is 5. The fourth-order valence-corrected chi connectivity index (χ4v) is 4.32. The lowest BCUT2D eigenvalue weighted by atomic mass is 9.96. The molecule has 0 radical (unpaired) electrons. The molecule has 2 aliphatic heterocycles. The molecule has 2 aliphatic rings. The molecule has 2 fully saturated rings. The van der Waals surface area contributed by atoms with Crippen LogP contribution in [0.2, 0.25) is 0 Å². The maximum Gasteiger partial charge on any atom is 0.326 e. The maximum atomic E-state index is 13.4. The Morgan fingerprint density at radius 2 is 1.66 bits per heavy atom. The minimum absolute atomic E-state index is 0.0419. The first-order valence-electron chi connectivity index (χ1n) is 11.3. The van der Waals surface area contributed by atoms with Crippen molar-refractivity contribution in [2.45, 2.75) is 83.0 Å². The van der Waals surface area contributed by atoms with E-state index < -0.39 is 42.0 Å². The van der Waals surface area contributed by atoms with Crippen molar-refractivity contribution in [1.29, 1.82) is 0 Å². The third-order valence-electron chi connectivity index (χ3n) is 6.46. The fraction of sp³-hybridized carbons (Fsp3) is 0.762. The number of nitrogens with one attached hydrogen (secondary N) is 1. The van der Waals surface area contributed by atoms with Gasteiger partial charge in [0.1, 0.15) is 18.1 Å². The fourth-order valence-electron chi connectivity index (χ4n) is 4.32. The van der Waals surface area contributed by atoms with E-state index in [9.17, 15) is 29.1 Å². The number of likely N-dealkylation sites (tertiary alicyclic amines) is 2. The van der Waals surface area contributed by atoms with Crippen LogP contribution in [0.5, 0.6) is 0 Å². The summed E-state index contributed by atoms with van der Waals surface area (Å²) in [7, 11) is 0. The zero-order valence-electron chi connectivity index (χ0n) is 18.8. The third-order valence-corrected chi connectivity index (χ3v) is 6.46. The van der Waals surface area contributed by atoms with Crippen LogP contribution >= 0.6 is 0 Å². The van der Waals surface area contributed by atoms with Crippen molar-refractivity contribution >= 4 is 29.6 Å². The Bertz CT molecular complexity index is 744. The minimum atomic E-state index is -1.04. The zero-order valence-corrected chi connectivity index (χ0v) is 18.8. The predicted octanol–water partition coefficient (Wildman–Crippen LogP) is -0.823. The van der Waals surface area contributed by atoms with Crippen LogP contribution in [-0.4, -0.2) is 81.8 Å². The van der Waals surface area contributed by atoms with E-state index in [1.165, 1.54) is 9.80 Å². The molecule has 2 rings (SSSR count). The summed E-state index contributed by atoms with van der Waals surface area (Å²) >= 11 is 0. The number of rotatable bonds is 10. The number of primary amides is 1. The van der Waals surface area contributed by atoms with Gasteiger partial charge in [-0.25, -0.2) is 4.79 Å².